The third kappa shape index (κ3) is 2.70. The standard InChI is InChI=1S/C21H21N2/c1-15(16-7-3-2-4-8-16)19-14-23-21-13-17(10-11-18(19)21)20-9-5-6-12-22-20/h2-4,7-8,10-11,13-15,23H,1,5-6,9,12H2. The van der Waals surface area contributed by atoms with Gasteiger partial charge in [0.1, 0.15) is 0 Å². The molecule has 1 aliphatic heterocycles. The second-order valence-electron chi connectivity index (χ2n) is 6.25. The Morgan fingerprint density at radius 2 is 1.91 bits per heavy atom. The van der Waals surface area contributed by atoms with E-state index in [4.69, 9.17) is 0 Å². The van der Waals surface area contributed by atoms with Crippen LogP contribution in [0.1, 0.15) is 41.9 Å². The van der Waals surface area contributed by atoms with Crippen LogP contribution in [0.3, 0.4) is 0 Å². The van der Waals surface area contributed by atoms with Gasteiger partial charge >= 0.3 is 0 Å². The number of nitrogens with one attached hydrogen (secondary N) is 1. The maximum Gasteiger partial charge on any atom is 0.0463 e. The zero-order chi connectivity index (χ0) is 15.6. The van der Waals surface area contributed by atoms with Crippen LogP contribution in [0.15, 0.2) is 59.7 Å². The van der Waals surface area contributed by atoms with Crippen LogP contribution in [-0.2, 0) is 0 Å². The molecule has 0 saturated heterocycles. The summed E-state index contributed by atoms with van der Waals surface area (Å²) in [6.45, 7) is 5.34. The van der Waals surface area contributed by atoms with E-state index < -0.39 is 0 Å². The van der Waals surface area contributed by atoms with Crippen molar-refractivity contribution in [2.45, 2.75) is 25.2 Å². The van der Waals surface area contributed by atoms with Crippen LogP contribution in [0.25, 0.3) is 10.9 Å². The third-order valence-electron chi connectivity index (χ3n) is 4.75. The molecule has 0 aliphatic carbocycles. The van der Waals surface area contributed by atoms with E-state index in [1.165, 1.54) is 46.1 Å². The lowest BCUT2D eigenvalue weighted by atomic mass is 9.92. The van der Waals surface area contributed by atoms with Crippen molar-refractivity contribution in [1.82, 2.24) is 4.98 Å². The Morgan fingerprint density at radius 1 is 1.04 bits per heavy atom. The van der Waals surface area contributed by atoms with Gasteiger partial charge in [-0.15, -0.1) is 0 Å². The molecule has 0 fully saturated rings. The molecule has 1 radical (unpaired) electrons. The Kier molecular flexibility index (Phi) is 3.74. The number of aromatic amines is 1. The van der Waals surface area contributed by atoms with Crippen LogP contribution >= 0.6 is 0 Å². The van der Waals surface area contributed by atoms with Crippen molar-refractivity contribution in [3.63, 3.8) is 0 Å². The number of nitrogens with zero attached hydrogens (tertiary/aromatic N) is 1. The smallest absolute Gasteiger partial charge is 0.0463 e. The molecule has 2 heteroatoms. The third-order valence-corrected chi connectivity index (χ3v) is 4.75. The Hall–Kier alpha value is -2.35. The summed E-state index contributed by atoms with van der Waals surface area (Å²) in [4.78, 5) is 8.11. The Morgan fingerprint density at radius 3 is 2.70 bits per heavy atom. The highest BCUT2D eigenvalue weighted by atomic mass is 14.7. The molecule has 1 aliphatic rings. The first-order valence-corrected chi connectivity index (χ1v) is 8.36. The van der Waals surface area contributed by atoms with Crippen LogP contribution in [0, 0.1) is 6.92 Å². The molecule has 1 atom stereocenters. The van der Waals surface area contributed by atoms with Gasteiger partial charge in [-0.25, -0.2) is 0 Å². The van der Waals surface area contributed by atoms with Gasteiger partial charge in [0.25, 0.3) is 0 Å². The fourth-order valence-electron chi connectivity index (χ4n) is 3.41. The molecule has 0 saturated carbocycles. The molecule has 1 unspecified atom stereocenters. The lowest BCUT2D eigenvalue weighted by Crippen LogP contribution is -2.07. The molecule has 2 nitrogen and oxygen atoms in total. The quantitative estimate of drug-likeness (QED) is 0.696. The van der Waals surface area contributed by atoms with Crippen molar-refractivity contribution in [1.29, 1.82) is 0 Å². The molecular weight excluding hydrogens is 280 g/mol. The van der Waals surface area contributed by atoms with E-state index in [9.17, 15) is 0 Å². The number of aliphatic imine (C=N–C) groups is 1. The zero-order valence-electron chi connectivity index (χ0n) is 13.3. The van der Waals surface area contributed by atoms with Gasteiger partial charge in [-0.3, -0.25) is 4.99 Å². The average Bonchev–Trinajstić information content (AvgIpc) is 3.05. The number of fused-ring (bicyclic) bond motifs is 1. The van der Waals surface area contributed by atoms with E-state index in [0.29, 0.717) is 0 Å². The summed E-state index contributed by atoms with van der Waals surface area (Å²) in [5, 5.41) is 1.26. The Bertz CT molecular complexity index is 843. The van der Waals surface area contributed by atoms with E-state index in [1.807, 2.05) is 6.07 Å². The highest BCUT2D eigenvalue weighted by Crippen LogP contribution is 2.31. The Labute approximate surface area is 137 Å². The summed E-state index contributed by atoms with van der Waals surface area (Å²) in [5.74, 6) is 0.142. The topological polar surface area (TPSA) is 28.1 Å². The second-order valence-corrected chi connectivity index (χ2v) is 6.25. The molecule has 115 valence electrons. The predicted octanol–water partition coefficient (Wildman–Crippen LogP) is 5.11. The summed E-state index contributed by atoms with van der Waals surface area (Å²) < 4.78 is 0. The summed E-state index contributed by atoms with van der Waals surface area (Å²) >= 11 is 0. The van der Waals surface area contributed by atoms with E-state index >= 15 is 0 Å². The largest absolute Gasteiger partial charge is 0.361 e. The average molecular weight is 301 g/mol. The number of hydrogen-bond donors (Lipinski definition) is 1. The molecule has 0 spiro atoms. The molecule has 0 bridgehead atoms. The van der Waals surface area contributed by atoms with Gasteiger partial charge in [0.05, 0.1) is 0 Å². The summed E-state index contributed by atoms with van der Waals surface area (Å²) in [7, 11) is 0. The number of benzene rings is 2. The van der Waals surface area contributed by atoms with Crippen molar-refractivity contribution in [3.05, 3.63) is 78.3 Å². The molecular formula is C21H21N2. The number of hydrogen-bond acceptors (Lipinski definition) is 1. The normalized spacial score (nSPS) is 16.3. The lowest BCUT2D eigenvalue weighted by molar-refractivity contribution is 0.738. The number of rotatable bonds is 3. The Balaban J connectivity index is 1.72. The molecule has 4 rings (SSSR count). The van der Waals surface area contributed by atoms with Crippen molar-refractivity contribution in [3.8, 4) is 0 Å². The highest BCUT2D eigenvalue weighted by molar-refractivity contribution is 6.03. The summed E-state index contributed by atoms with van der Waals surface area (Å²) in [6.07, 6.45) is 5.67. The van der Waals surface area contributed by atoms with Gasteiger partial charge in [0.15, 0.2) is 0 Å². The van der Waals surface area contributed by atoms with Crippen LogP contribution in [0.5, 0.6) is 0 Å². The van der Waals surface area contributed by atoms with E-state index in [2.05, 4.69) is 65.6 Å². The minimum absolute atomic E-state index is 0.142. The molecule has 3 aromatic rings. The SMILES string of the molecule is [CH2]C(c1ccccc1)c1c[nH]c2cc(C3=NCCCC3)ccc12. The van der Waals surface area contributed by atoms with Gasteiger partial charge < -0.3 is 4.98 Å². The predicted molar refractivity (Wildman–Crippen MR) is 97.2 cm³/mol. The van der Waals surface area contributed by atoms with Crippen molar-refractivity contribution in [2.24, 2.45) is 4.99 Å². The van der Waals surface area contributed by atoms with E-state index in [-0.39, 0.29) is 5.92 Å². The van der Waals surface area contributed by atoms with Crippen molar-refractivity contribution < 1.29 is 0 Å². The minimum Gasteiger partial charge on any atom is -0.361 e. The minimum atomic E-state index is 0.142. The fourth-order valence-corrected chi connectivity index (χ4v) is 3.41. The molecule has 23 heavy (non-hydrogen) atoms. The maximum atomic E-state index is 4.69. The molecule has 0 amide bonds. The van der Waals surface area contributed by atoms with Gasteiger partial charge in [0.2, 0.25) is 0 Å². The molecule has 2 heterocycles. The number of H-pyrrole nitrogens is 1. The molecule has 1 aromatic heterocycles. The lowest BCUT2D eigenvalue weighted by Gasteiger charge is -2.13. The monoisotopic (exact) mass is 301 g/mol. The van der Waals surface area contributed by atoms with Crippen LogP contribution in [0.2, 0.25) is 0 Å². The fraction of sp³-hybridized carbons (Fsp3) is 0.238. The zero-order valence-corrected chi connectivity index (χ0v) is 13.3. The van der Waals surface area contributed by atoms with Crippen LogP contribution < -0.4 is 0 Å². The van der Waals surface area contributed by atoms with E-state index in [1.54, 1.807) is 0 Å². The first-order chi connectivity index (χ1) is 11.3. The maximum absolute atomic E-state index is 4.69. The molecule has 1 N–H and O–H groups in total. The second kappa shape index (κ2) is 6.04. The van der Waals surface area contributed by atoms with Gasteiger partial charge in [-0.1, -0.05) is 42.5 Å². The summed E-state index contributed by atoms with van der Waals surface area (Å²) in [6, 6.07) is 17.1. The highest BCUT2D eigenvalue weighted by Gasteiger charge is 2.15. The first-order valence-electron chi connectivity index (χ1n) is 8.36. The summed E-state index contributed by atoms with van der Waals surface area (Å²) in [5.41, 5.74) is 6.18. The number of aromatic nitrogens is 1. The van der Waals surface area contributed by atoms with Crippen LogP contribution in [0.4, 0.5) is 0 Å². The molecule has 2 aromatic carbocycles. The van der Waals surface area contributed by atoms with Gasteiger partial charge in [0, 0.05) is 35.3 Å². The van der Waals surface area contributed by atoms with Gasteiger partial charge in [-0.05, 0) is 48.9 Å². The van der Waals surface area contributed by atoms with Crippen LogP contribution in [-0.4, -0.2) is 17.2 Å². The van der Waals surface area contributed by atoms with Crippen molar-refractivity contribution in [2.75, 3.05) is 6.54 Å². The first kappa shape index (κ1) is 14.3. The van der Waals surface area contributed by atoms with Gasteiger partial charge in [-0.2, -0.15) is 0 Å². The van der Waals surface area contributed by atoms with Crippen molar-refractivity contribution >= 4 is 16.6 Å². The van der Waals surface area contributed by atoms with E-state index in [0.717, 1.165) is 13.0 Å².